The van der Waals surface area contributed by atoms with Gasteiger partial charge in [0.1, 0.15) is 10.7 Å². The van der Waals surface area contributed by atoms with Crippen molar-refractivity contribution in [2.24, 2.45) is 5.92 Å². The van der Waals surface area contributed by atoms with Gasteiger partial charge in [-0.1, -0.05) is 25.4 Å². The number of nitrogens with one attached hydrogen (secondary N) is 2. The van der Waals surface area contributed by atoms with Gasteiger partial charge in [-0.2, -0.15) is 13.1 Å². The quantitative estimate of drug-likeness (QED) is 0.378. The number of anilines is 3. The van der Waals surface area contributed by atoms with Gasteiger partial charge in [-0.25, -0.2) is 8.42 Å². The van der Waals surface area contributed by atoms with Crippen molar-refractivity contribution in [3.8, 4) is 5.75 Å². The molecule has 172 valence electrons. The molecule has 1 fully saturated rings. The lowest BCUT2D eigenvalue weighted by molar-refractivity contribution is 0.421. The number of rotatable bonds is 8. The largest absolute Gasteiger partial charge is 0.504 e. The summed E-state index contributed by atoms with van der Waals surface area (Å²) in [6.07, 6.45) is 3.17. The van der Waals surface area contributed by atoms with E-state index in [1.807, 2.05) is 26.0 Å². The van der Waals surface area contributed by atoms with E-state index in [0.717, 1.165) is 30.3 Å². The molecule has 1 aliphatic rings. The zero-order valence-electron chi connectivity index (χ0n) is 17.6. The highest BCUT2D eigenvalue weighted by Crippen LogP contribution is 2.41. The molecule has 0 saturated carbocycles. The second-order valence-electron chi connectivity index (χ2n) is 7.85. The highest BCUT2D eigenvalue weighted by atomic mass is 35.5. The monoisotopic (exact) mass is 497 g/mol. The highest BCUT2D eigenvalue weighted by molar-refractivity contribution is 7.89. The van der Waals surface area contributed by atoms with Gasteiger partial charge in [0.2, 0.25) is 10.0 Å². The number of aromatic nitrogens is 2. The van der Waals surface area contributed by atoms with E-state index in [-0.39, 0.29) is 27.6 Å². The number of phenols is 1. The number of halogens is 1. The molecule has 0 amide bonds. The van der Waals surface area contributed by atoms with Gasteiger partial charge < -0.3 is 20.2 Å². The van der Waals surface area contributed by atoms with Gasteiger partial charge in [0.25, 0.3) is 0 Å². The normalized spacial score (nSPS) is 15.9. The number of phenolic OH excluding ortho intramolecular Hbond substituents is 1. The number of aromatic hydroxyl groups is 1. The number of nitrogens with zero attached hydrogens (tertiary/aromatic N) is 3. The van der Waals surface area contributed by atoms with Gasteiger partial charge in [0, 0.05) is 13.1 Å². The number of sulfonamides is 1. The van der Waals surface area contributed by atoms with Crippen LogP contribution in [0.15, 0.2) is 39.8 Å². The van der Waals surface area contributed by atoms with Crippen LogP contribution in [0.2, 0.25) is 5.02 Å². The summed E-state index contributed by atoms with van der Waals surface area (Å²) < 4.78 is 41.6. The number of hydrogen-bond acceptors (Lipinski definition) is 9. The molecule has 1 aliphatic heterocycles. The Hall–Kier alpha value is -2.34. The minimum atomic E-state index is -3.92. The second-order valence-corrected chi connectivity index (χ2v) is 10.7. The lowest BCUT2D eigenvalue weighted by Gasteiger charge is -2.21. The van der Waals surface area contributed by atoms with E-state index in [1.54, 1.807) is 6.26 Å². The fraction of sp³-hybridized carbons (Fsp3) is 0.400. The molecular formula is C20H24ClN5O4S2. The van der Waals surface area contributed by atoms with Crippen LogP contribution < -0.4 is 10.6 Å². The maximum Gasteiger partial charge on any atom is 0.248 e. The summed E-state index contributed by atoms with van der Waals surface area (Å²) in [4.78, 5) is -0.306. The van der Waals surface area contributed by atoms with Gasteiger partial charge >= 0.3 is 0 Å². The van der Waals surface area contributed by atoms with Crippen molar-refractivity contribution in [1.82, 2.24) is 13.1 Å². The SMILES string of the molecule is CC(C)[C@@H](Nc1nsnc1Nc1ccc(Cl)c(S(=O)(=O)N2CCCC2)c1O)c1ccco1. The topological polar surface area (TPSA) is 121 Å². The highest BCUT2D eigenvalue weighted by Gasteiger charge is 2.33. The molecule has 1 saturated heterocycles. The number of furan rings is 1. The van der Waals surface area contributed by atoms with Crippen molar-refractivity contribution >= 4 is 50.7 Å². The molecular weight excluding hydrogens is 474 g/mol. The van der Waals surface area contributed by atoms with Crippen molar-refractivity contribution in [2.45, 2.75) is 37.6 Å². The average Bonchev–Trinajstić information content (AvgIpc) is 3.51. The van der Waals surface area contributed by atoms with E-state index in [2.05, 4.69) is 19.4 Å². The Morgan fingerprint density at radius 3 is 2.56 bits per heavy atom. The average molecular weight is 498 g/mol. The zero-order valence-corrected chi connectivity index (χ0v) is 20.0. The molecule has 12 heteroatoms. The van der Waals surface area contributed by atoms with Crippen LogP contribution >= 0.6 is 23.3 Å². The van der Waals surface area contributed by atoms with Crippen molar-refractivity contribution in [1.29, 1.82) is 0 Å². The first-order valence-corrected chi connectivity index (χ1v) is 12.7. The number of hydrogen-bond donors (Lipinski definition) is 3. The Balaban J connectivity index is 1.63. The molecule has 3 heterocycles. The van der Waals surface area contributed by atoms with E-state index >= 15 is 0 Å². The molecule has 1 atom stereocenters. The predicted molar refractivity (Wildman–Crippen MR) is 124 cm³/mol. The molecule has 0 unspecified atom stereocenters. The van der Waals surface area contributed by atoms with Crippen LogP contribution in [0.25, 0.3) is 0 Å². The first kappa shape index (κ1) is 22.8. The standard InChI is InChI=1S/C20H24ClN5O4S2/c1-12(2)16(15-6-5-11-30-15)23-20-19(24-31-25-20)22-14-8-7-13(21)18(17(14)27)32(28,29)26-9-3-4-10-26/h5-8,11-12,16,27H,3-4,9-10H2,1-2H3,(H,22,24)(H,23,25)/t16-/m1/s1. The molecule has 4 rings (SSSR count). The Morgan fingerprint density at radius 1 is 1.19 bits per heavy atom. The smallest absolute Gasteiger partial charge is 0.248 e. The lowest BCUT2D eigenvalue weighted by Crippen LogP contribution is -2.28. The van der Waals surface area contributed by atoms with Crippen molar-refractivity contribution in [2.75, 3.05) is 23.7 Å². The van der Waals surface area contributed by atoms with Crippen molar-refractivity contribution in [3.63, 3.8) is 0 Å². The molecule has 3 aromatic rings. The first-order chi connectivity index (χ1) is 15.3. The minimum Gasteiger partial charge on any atom is -0.504 e. The van der Waals surface area contributed by atoms with Crippen LogP contribution in [-0.4, -0.2) is 39.7 Å². The van der Waals surface area contributed by atoms with Gasteiger partial charge in [-0.15, -0.1) is 0 Å². The predicted octanol–water partition coefficient (Wildman–Crippen LogP) is 4.83. The first-order valence-electron chi connectivity index (χ1n) is 10.2. The second kappa shape index (κ2) is 9.26. The summed E-state index contributed by atoms with van der Waals surface area (Å²) in [5.41, 5.74) is 0.169. The molecule has 0 spiro atoms. The Bertz CT molecular complexity index is 1170. The summed E-state index contributed by atoms with van der Waals surface area (Å²) >= 11 is 7.18. The van der Waals surface area contributed by atoms with E-state index in [0.29, 0.717) is 24.7 Å². The molecule has 32 heavy (non-hydrogen) atoms. The van der Waals surface area contributed by atoms with E-state index in [1.165, 1.54) is 16.4 Å². The third-order valence-corrected chi connectivity index (χ3v) is 8.23. The van der Waals surface area contributed by atoms with Crippen LogP contribution in [0.3, 0.4) is 0 Å². The van der Waals surface area contributed by atoms with Crippen LogP contribution in [0, 0.1) is 5.92 Å². The molecule has 0 bridgehead atoms. The van der Waals surface area contributed by atoms with Crippen LogP contribution in [-0.2, 0) is 10.0 Å². The molecule has 9 nitrogen and oxygen atoms in total. The van der Waals surface area contributed by atoms with Crippen LogP contribution in [0.1, 0.15) is 38.5 Å². The summed E-state index contributed by atoms with van der Waals surface area (Å²) in [6.45, 7) is 4.91. The molecule has 0 radical (unpaired) electrons. The van der Waals surface area contributed by atoms with E-state index in [4.69, 9.17) is 16.0 Å². The summed E-state index contributed by atoms with van der Waals surface area (Å²) in [6, 6.07) is 6.50. The van der Waals surface area contributed by atoms with Gasteiger partial charge in [-0.3, -0.25) is 0 Å². The van der Waals surface area contributed by atoms with Crippen LogP contribution in [0.4, 0.5) is 17.3 Å². The van der Waals surface area contributed by atoms with Crippen molar-refractivity contribution in [3.05, 3.63) is 41.3 Å². The maximum atomic E-state index is 13.1. The third kappa shape index (κ3) is 4.42. The van der Waals surface area contributed by atoms with Gasteiger partial charge in [-0.05, 0) is 43.0 Å². The maximum absolute atomic E-state index is 13.1. The van der Waals surface area contributed by atoms with Crippen molar-refractivity contribution < 1.29 is 17.9 Å². The summed E-state index contributed by atoms with van der Waals surface area (Å²) in [5, 5.41) is 17.1. The molecule has 3 N–H and O–H groups in total. The molecule has 0 aliphatic carbocycles. The van der Waals surface area contributed by atoms with E-state index in [9.17, 15) is 13.5 Å². The Labute approximate surface area is 195 Å². The fourth-order valence-electron chi connectivity index (χ4n) is 3.63. The lowest BCUT2D eigenvalue weighted by atomic mass is 10.0. The summed E-state index contributed by atoms with van der Waals surface area (Å²) in [5.74, 6) is 1.32. The van der Waals surface area contributed by atoms with Gasteiger partial charge in [0.05, 0.1) is 34.7 Å². The van der Waals surface area contributed by atoms with E-state index < -0.39 is 15.8 Å². The Morgan fingerprint density at radius 2 is 1.91 bits per heavy atom. The zero-order chi connectivity index (χ0) is 22.9. The minimum absolute atomic E-state index is 0.0348. The number of benzene rings is 1. The third-order valence-electron chi connectivity index (χ3n) is 5.30. The van der Waals surface area contributed by atoms with Gasteiger partial charge in [0.15, 0.2) is 17.4 Å². The Kier molecular flexibility index (Phi) is 6.61. The molecule has 1 aromatic carbocycles. The molecule has 2 aromatic heterocycles. The summed E-state index contributed by atoms with van der Waals surface area (Å²) in [7, 11) is -3.92. The fourth-order valence-corrected chi connectivity index (χ4v) is 6.21. The van der Waals surface area contributed by atoms with Crippen LogP contribution in [0.5, 0.6) is 5.75 Å².